The van der Waals surface area contributed by atoms with Crippen molar-refractivity contribution in [1.29, 1.82) is 0 Å². The second kappa shape index (κ2) is 23.5. The highest BCUT2D eigenvalue weighted by atomic mass is 14.1. The lowest BCUT2D eigenvalue weighted by molar-refractivity contribution is 0.495. The molecule has 0 heterocycles. The van der Waals surface area contributed by atoms with E-state index >= 15 is 0 Å². The zero-order valence-electron chi connectivity index (χ0n) is 12.3. The lowest BCUT2D eigenvalue weighted by Crippen LogP contribution is -1.94. The minimum absolute atomic E-state index is 0.932. The maximum absolute atomic E-state index is 2.34. The van der Waals surface area contributed by atoms with Crippen LogP contribution in [0.1, 0.15) is 80.6 Å². The zero-order chi connectivity index (χ0) is 12.5. The van der Waals surface area contributed by atoms with Gasteiger partial charge in [0.15, 0.2) is 0 Å². The largest absolute Gasteiger partial charge is 0.0885 e. The van der Waals surface area contributed by atoms with E-state index in [9.17, 15) is 0 Å². The normalized spacial score (nSPS) is 20.9. The van der Waals surface area contributed by atoms with Crippen LogP contribution in [0.5, 0.6) is 0 Å². The molecular weight excluding hydrogens is 180 g/mol. The van der Waals surface area contributed by atoms with Gasteiger partial charge in [-0.25, -0.2) is 0 Å². The van der Waals surface area contributed by atoms with E-state index in [1.807, 2.05) is 41.5 Å². The molecule has 1 unspecified atom stereocenters. The van der Waals surface area contributed by atoms with Gasteiger partial charge in [-0.2, -0.15) is 0 Å². The molecule has 0 saturated heterocycles. The number of allylic oxidation sites excluding steroid dienone is 2. The van der Waals surface area contributed by atoms with E-state index in [4.69, 9.17) is 0 Å². The molecule has 0 bridgehead atoms. The first-order chi connectivity index (χ1) is 7.39. The third-order valence-electron chi connectivity index (χ3n) is 2.02. The van der Waals surface area contributed by atoms with Gasteiger partial charge in [0, 0.05) is 0 Å². The molecule has 0 saturated carbocycles. The van der Waals surface area contributed by atoms with Crippen LogP contribution in [0.25, 0.3) is 0 Å². The summed E-state index contributed by atoms with van der Waals surface area (Å²) in [7, 11) is 0. The molecule has 0 spiro atoms. The Balaban J connectivity index is -0.000000208. The molecule has 0 aliphatic heterocycles. The quantitative estimate of drug-likeness (QED) is 0.420. The lowest BCUT2D eigenvalue weighted by atomic mass is 9.97. The first-order valence-corrected chi connectivity index (χ1v) is 7.04. The van der Waals surface area contributed by atoms with E-state index in [0.717, 1.165) is 5.92 Å². The van der Waals surface area contributed by atoms with Gasteiger partial charge < -0.3 is 0 Å². The summed E-state index contributed by atoms with van der Waals surface area (Å²) >= 11 is 0. The molecular formula is C15H34. The van der Waals surface area contributed by atoms with E-state index in [1.165, 1.54) is 32.1 Å². The average Bonchev–Trinajstić information content (AvgIpc) is 2.32. The van der Waals surface area contributed by atoms with Crippen molar-refractivity contribution in [2.45, 2.75) is 80.6 Å². The monoisotopic (exact) mass is 214 g/mol. The number of hydrogen-bond donors (Lipinski definition) is 0. The van der Waals surface area contributed by atoms with E-state index in [-0.39, 0.29) is 0 Å². The van der Waals surface area contributed by atoms with Crippen LogP contribution in [0.3, 0.4) is 0 Å². The Kier molecular flexibility index (Phi) is 31.6. The van der Waals surface area contributed by atoms with Gasteiger partial charge in [-0.05, 0) is 25.2 Å². The number of rotatable bonds is 0. The highest BCUT2D eigenvalue weighted by Crippen LogP contribution is 2.16. The minimum Gasteiger partial charge on any atom is -0.0885 e. The second-order valence-corrected chi connectivity index (χ2v) is 3.10. The van der Waals surface area contributed by atoms with Gasteiger partial charge in [0.25, 0.3) is 0 Å². The SMILES string of the molecule is CC.CC.CC.CC1C/C=C\CCCC1. The lowest BCUT2D eigenvalue weighted by Gasteiger charge is -2.09. The molecule has 1 rings (SSSR count). The zero-order valence-corrected chi connectivity index (χ0v) is 12.3. The van der Waals surface area contributed by atoms with Crippen LogP contribution in [0.4, 0.5) is 0 Å². The maximum Gasteiger partial charge on any atom is -0.0325 e. The molecule has 0 aromatic rings. The predicted octanol–water partition coefficient (Wildman–Crippen LogP) is 6.22. The molecule has 0 aromatic heterocycles. The number of hydrogen-bond acceptors (Lipinski definition) is 0. The van der Waals surface area contributed by atoms with Crippen LogP contribution in [0.15, 0.2) is 12.2 Å². The van der Waals surface area contributed by atoms with Gasteiger partial charge in [0.1, 0.15) is 0 Å². The fraction of sp³-hybridized carbons (Fsp3) is 0.867. The summed E-state index contributed by atoms with van der Waals surface area (Å²) < 4.78 is 0. The molecule has 0 aromatic carbocycles. The van der Waals surface area contributed by atoms with Crippen molar-refractivity contribution in [3.63, 3.8) is 0 Å². The summed E-state index contributed by atoms with van der Waals surface area (Å²) in [4.78, 5) is 0. The van der Waals surface area contributed by atoms with E-state index in [0.29, 0.717) is 0 Å². The fourth-order valence-corrected chi connectivity index (χ4v) is 1.32. The van der Waals surface area contributed by atoms with Crippen LogP contribution in [-0.2, 0) is 0 Å². The minimum atomic E-state index is 0.932. The fourth-order valence-electron chi connectivity index (χ4n) is 1.32. The molecule has 0 N–H and O–H groups in total. The van der Waals surface area contributed by atoms with Crippen molar-refractivity contribution < 1.29 is 0 Å². The van der Waals surface area contributed by atoms with Gasteiger partial charge >= 0.3 is 0 Å². The molecule has 1 atom stereocenters. The van der Waals surface area contributed by atoms with Crippen molar-refractivity contribution >= 4 is 0 Å². The molecule has 0 nitrogen and oxygen atoms in total. The first kappa shape index (κ1) is 20.2. The van der Waals surface area contributed by atoms with Gasteiger partial charge in [-0.3, -0.25) is 0 Å². The molecule has 1 aliphatic carbocycles. The van der Waals surface area contributed by atoms with Gasteiger partial charge in [-0.1, -0.05) is 73.5 Å². The summed E-state index contributed by atoms with van der Waals surface area (Å²) in [6.45, 7) is 14.3. The van der Waals surface area contributed by atoms with Gasteiger partial charge in [0.05, 0.1) is 0 Å². The maximum atomic E-state index is 2.34. The van der Waals surface area contributed by atoms with Crippen LogP contribution >= 0.6 is 0 Å². The molecule has 1 aliphatic rings. The van der Waals surface area contributed by atoms with Gasteiger partial charge in [0.2, 0.25) is 0 Å². The summed E-state index contributed by atoms with van der Waals surface area (Å²) in [6, 6.07) is 0. The van der Waals surface area contributed by atoms with Crippen molar-refractivity contribution in [3.05, 3.63) is 12.2 Å². The second-order valence-electron chi connectivity index (χ2n) is 3.10. The Morgan fingerprint density at radius 3 is 1.87 bits per heavy atom. The summed E-state index contributed by atoms with van der Waals surface area (Å²) in [6.07, 6.45) is 11.6. The van der Waals surface area contributed by atoms with Crippen LogP contribution < -0.4 is 0 Å². The standard InChI is InChI=1S/C9H16.3C2H6/c1-9-7-5-3-2-4-6-8-9;3*1-2/h3,5,9H,2,4,6-8H2,1H3;3*1-2H3/b5-3-;;;. The molecule has 0 amide bonds. The van der Waals surface area contributed by atoms with Crippen molar-refractivity contribution in [1.82, 2.24) is 0 Å². The van der Waals surface area contributed by atoms with Crippen molar-refractivity contribution in [2.24, 2.45) is 5.92 Å². The Labute approximate surface area is 99.2 Å². The van der Waals surface area contributed by atoms with Gasteiger partial charge in [-0.15, -0.1) is 0 Å². The van der Waals surface area contributed by atoms with Crippen LogP contribution in [0.2, 0.25) is 0 Å². The van der Waals surface area contributed by atoms with Crippen LogP contribution in [0, 0.1) is 5.92 Å². The van der Waals surface area contributed by atoms with Crippen LogP contribution in [-0.4, -0.2) is 0 Å². The highest BCUT2D eigenvalue weighted by molar-refractivity contribution is 4.84. The Bertz CT molecular complexity index is 92.2. The molecule has 15 heavy (non-hydrogen) atoms. The Morgan fingerprint density at radius 1 is 0.800 bits per heavy atom. The summed E-state index contributed by atoms with van der Waals surface area (Å²) in [5.41, 5.74) is 0. The summed E-state index contributed by atoms with van der Waals surface area (Å²) in [5.74, 6) is 0.932. The molecule has 0 fully saturated rings. The van der Waals surface area contributed by atoms with E-state index in [2.05, 4.69) is 19.1 Å². The third-order valence-corrected chi connectivity index (χ3v) is 2.02. The van der Waals surface area contributed by atoms with E-state index < -0.39 is 0 Å². The Hall–Kier alpha value is -0.260. The van der Waals surface area contributed by atoms with Crippen molar-refractivity contribution in [2.75, 3.05) is 0 Å². The predicted molar refractivity (Wildman–Crippen MR) is 75.4 cm³/mol. The van der Waals surface area contributed by atoms with E-state index in [1.54, 1.807) is 0 Å². The molecule has 94 valence electrons. The Morgan fingerprint density at radius 2 is 1.33 bits per heavy atom. The third kappa shape index (κ3) is 20.0. The smallest absolute Gasteiger partial charge is 0.0325 e. The molecule has 0 heteroatoms. The highest BCUT2D eigenvalue weighted by Gasteiger charge is 2.00. The molecule has 0 radical (unpaired) electrons. The topological polar surface area (TPSA) is 0 Å². The summed E-state index contributed by atoms with van der Waals surface area (Å²) in [5, 5.41) is 0. The average molecular weight is 214 g/mol. The van der Waals surface area contributed by atoms with Crippen molar-refractivity contribution in [3.8, 4) is 0 Å². The first-order valence-electron chi connectivity index (χ1n) is 7.04.